The van der Waals surface area contributed by atoms with E-state index in [1.807, 2.05) is 37.3 Å². The summed E-state index contributed by atoms with van der Waals surface area (Å²) in [7, 11) is 0. The lowest BCUT2D eigenvalue weighted by atomic mass is 9.64. The summed E-state index contributed by atoms with van der Waals surface area (Å²) in [4.78, 5) is 12.8. The molecular weight excluding hydrogens is 284 g/mol. The van der Waals surface area contributed by atoms with Crippen LogP contribution in [-0.2, 0) is 14.9 Å². The van der Waals surface area contributed by atoms with E-state index in [1.54, 1.807) is 0 Å². The van der Waals surface area contributed by atoms with Gasteiger partial charge in [-0.05, 0) is 24.3 Å². The molecular formula is C21H34O2. The highest BCUT2D eigenvalue weighted by atomic mass is 16.5. The number of hydrogen-bond donors (Lipinski definition) is 0. The molecule has 0 saturated heterocycles. The SMILES string of the molecule is CCCCCCCCOC(=O)C(C)(c1ccccc1)C(C)(C)C. The normalized spacial score (nSPS) is 14.3. The van der Waals surface area contributed by atoms with Crippen LogP contribution in [0, 0.1) is 5.41 Å². The van der Waals surface area contributed by atoms with Crippen molar-refractivity contribution in [3.63, 3.8) is 0 Å². The first-order valence-corrected chi connectivity index (χ1v) is 9.06. The number of carbonyl (C=O) groups is 1. The van der Waals surface area contributed by atoms with Gasteiger partial charge >= 0.3 is 5.97 Å². The average Bonchev–Trinajstić information content (AvgIpc) is 2.52. The van der Waals surface area contributed by atoms with Crippen LogP contribution in [-0.4, -0.2) is 12.6 Å². The second-order valence-electron chi connectivity index (χ2n) is 7.64. The standard InChI is InChI=1S/C21H34O2/c1-6-7-8-9-10-14-17-23-19(22)21(5,20(2,3)4)18-15-12-11-13-16-18/h11-13,15-16H,6-10,14,17H2,1-5H3. The average molecular weight is 319 g/mol. The molecule has 0 radical (unpaired) electrons. The Labute approximate surface area is 142 Å². The zero-order valence-electron chi connectivity index (χ0n) is 15.7. The number of ether oxygens (including phenoxy) is 1. The Bertz CT molecular complexity index is 458. The molecule has 0 N–H and O–H groups in total. The van der Waals surface area contributed by atoms with Gasteiger partial charge in [0.05, 0.1) is 12.0 Å². The summed E-state index contributed by atoms with van der Waals surface area (Å²) in [6.07, 6.45) is 7.19. The van der Waals surface area contributed by atoms with Gasteiger partial charge in [0.2, 0.25) is 0 Å². The third-order valence-corrected chi connectivity index (χ3v) is 4.99. The molecule has 0 fully saturated rings. The van der Waals surface area contributed by atoms with Crippen LogP contribution in [0.1, 0.15) is 78.7 Å². The molecule has 2 nitrogen and oxygen atoms in total. The van der Waals surface area contributed by atoms with E-state index in [1.165, 1.54) is 25.7 Å². The minimum atomic E-state index is -0.629. The summed E-state index contributed by atoms with van der Waals surface area (Å²) < 4.78 is 5.66. The number of rotatable bonds is 9. The fourth-order valence-corrected chi connectivity index (χ4v) is 2.82. The van der Waals surface area contributed by atoms with Crippen molar-refractivity contribution in [2.75, 3.05) is 6.61 Å². The van der Waals surface area contributed by atoms with Gasteiger partial charge in [-0.15, -0.1) is 0 Å². The monoisotopic (exact) mass is 318 g/mol. The summed E-state index contributed by atoms with van der Waals surface area (Å²) in [5.41, 5.74) is 0.198. The van der Waals surface area contributed by atoms with E-state index < -0.39 is 5.41 Å². The molecule has 1 aromatic carbocycles. The van der Waals surface area contributed by atoms with E-state index in [0.717, 1.165) is 18.4 Å². The van der Waals surface area contributed by atoms with Crippen molar-refractivity contribution in [1.82, 2.24) is 0 Å². The molecule has 1 unspecified atom stereocenters. The predicted molar refractivity (Wildman–Crippen MR) is 97.6 cm³/mol. The first-order chi connectivity index (χ1) is 10.8. The molecule has 23 heavy (non-hydrogen) atoms. The van der Waals surface area contributed by atoms with Crippen LogP contribution in [0.5, 0.6) is 0 Å². The van der Waals surface area contributed by atoms with Gasteiger partial charge < -0.3 is 4.74 Å². The molecule has 0 aliphatic rings. The molecule has 1 rings (SSSR count). The lowest BCUT2D eigenvalue weighted by molar-refractivity contribution is -0.154. The van der Waals surface area contributed by atoms with E-state index in [4.69, 9.17) is 4.74 Å². The van der Waals surface area contributed by atoms with E-state index >= 15 is 0 Å². The minimum Gasteiger partial charge on any atom is -0.465 e. The van der Waals surface area contributed by atoms with E-state index in [2.05, 4.69) is 27.7 Å². The Morgan fingerprint density at radius 1 is 0.913 bits per heavy atom. The van der Waals surface area contributed by atoms with Crippen LogP contribution in [0.4, 0.5) is 0 Å². The summed E-state index contributed by atoms with van der Waals surface area (Å²) in [5, 5.41) is 0. The molecule has 2 heteroatoms. The van der Waals surface area contributed by atoms with Gasteiger partial charge in [0, 0.05) is 0 Å². The summed E-state index contributed by atoms with van der Waals surface area (Å²) >= 11 is 0. The van der Waals surface area contributed by atoms with Crippen LogP contribution >= 0.6 is 0 Å². The van der Waals surface area contributed by atoms with Gasteiger partial charge in [-0.2, -0.15) is 0 Å². The number of carbonyl (C=O) groups excluding carboxylic acids is 1. The molecule has 0 bridgehead atoms. The molecule has 0 saturated carbocycles. The lowest BCUT2D eigenvalue weighted by Crippen LogP contribution is -2.45. The number of esters is 1. The van der Waals surface area contributed by atoms with Gasteiger partial charge in [0.1, 0.15) is 0 Å². The highest BCUT2D eigenvalue weighted by molar-refractivity contribution is 5.83. The number of benzene rings is 1. The fourth-order valence-electron chi connectivity index (χ4n) is 2.82. The second kappa shape index (κ2) is 9.10. The summed E-state index contributed by atoms with van der Waals surface area (Å²) in [6, 6.07) is 10.0. The maximum Gasteiger partial charge on any atom is 0.316 e. The van der Waals surface area contributed by atoms with Crippen LogP contribution in [0.15, 0.2) is 30.3 Å². The van der Waals surface area contributed by atoms with Gasteiger partial charge in [-0.1, -0.05) is 90.1 Å². The van der Waals surface area contributed by atoms with Crippen molar-refractivity contribution in [3.05, 3.63) is 35.9 Å². The molecule has 0 aliphatic carbocycles. The van der Waals surface area contributed by atoms with Crippen molar-refractivity contribution >= 4 is 5.97 Å². The largest absolute Gasteiger partial charge is 0.465 e. The van der Waals surface area contributed by atoms with E-state index in [9.17, 15) is 4.79 Å². The van der Waals surface area contributed by atoms with Crippen molar-refractivity contribution < 1.29 is 9.53 Å². The summed E-state index contributed by atoms with van der Waals surface area (Å²) in [5.74, 6) is -0.107. The number of unbranched alkanes of at least 4 members (excludes halogenated alkanes) is 5. The van der Waals surface area contributed by atoms with Crippen LogP contribution in [0.3, 0.4) is 0 Å². The van der Waals surface area contributed by atoms with E-state index in [0.29, 0.717) is 6.61 Å². The first kappa shape index (κ1) is 19.7. The van der Waals surface area contributed by atoms with Gasteiger partial charge in [-0.3, -0.25) is 4.79 Å². The second-order valence-corrected chi connectivity index (χ2v) is 7.64. The van der Waals surface area contributed by atoms with Crippen LogP contribution in [0.2, 0.25) is 0 Å². The molecule has 0 aliphatic heterocycles. The smallest absolute Gasteiger partial charge is 0.316 e. The first-order valence-electron chi connectivity index (χ1n) is 9.06. The van der Waals surface area contributed by atoms with Crippen molar-refractivity contribution in [2.24, 2.45) is 5.41 Å². The van der Waals surface area contributed by atoms with Gasteiger partial charge in [0.25, 0.3) is 0 Å². The Morgan fingerprint density at radius 3 is 2.04 bits per heavy atom. The Balaban J connectivity index is 2.62. The Kier molecular flexibility index (Phi) is 7.81. The zero-order valence-corrected chi connectivity index (χ0v) is 15.7. The molecule has 0 heterocycles. The maximum atomic E-state index is 12.8. The van der Waals surface area contributed by atoms with Crippen LogP contribution < -0.4 is 0 Å². The highest BCUT2D eigenvalue weighted by Gasteiger charge is 2.46. The molecule has 0 aromatic heterocycles. The van der Waals surface area contributed by atoms with Crippen molar-refractivity contribution in [1.29, 1.82) is 0 Å². The highest BCUT2D eigenvalue weighted by Crippen LogP contribution is 2.42. The third kappa shape index (κ3) is 5.37. The molecule has 0 amide bonds. The van der Waals surface area contributed by atoms with Crippen molar-refractivity contribution in [3.8, 4) is 0 Å². The molecule has 0 spiro atoms. The number of hydrogen-bond acceptors (Lipinski definition) is 2. The van der Waals surface area contributed by atoms with Gasteiger partial charge in [-0.25, -0.2) is 0 Å². The molecule has 130 valence electrons. The quantitative estimate of drug-likeness (QED) is 0.419. The van der Waals surface area contributed by atoms with Crippen molar-refractivity contribution in [2.45, 2.75) is 78.6 Å². The predicted octanol–water partition coefficient (Wildman–Crippen LogP) is 5.89. The summed E-state index contributed by atoms with van der Waals surface area (Å²) in [6.45, 7) is 11.1. The third-order valence-electron chi connectivity index (χ3n) is 4.99. The maximum absolute atomic E-state index is 12.8. The lowest BCUT2D eigenvalue weighted by Gasteiger charge is -2.40. The molecule has 1 atom stereocenters. The van der Waals surface area contributed by atoms with Crippen LogP contribution in [0.25, 0.3) is 0 Å². The minimum absolute atomic E-state index is 0.107. The molecule has 1 aromatic rings. The topological polar surface area (TPSA) is 26.3 Å². The zero-order chi connectivity index (χ0) is 17.3. The Hall–Kier alpha value is -1.31. The Morgan fingerprint density at radius 2 is 1.48 bits per heavy atom. The fraction of sp³-hybridized carbons (Fsp3) is 0.667. The van der Waals surface area contributed by atoms with Gasteiger partial charge in [0.15, 0.2) is 0 Å². The van der Waals surface area contributed by atoms with E-state index in [-0.39, 0.29) is 11.4 Å².